The van der Waals surface area contributed by atoms with Crippen LogP contribution in [0.1, 0.15) is 5.56 Å². The van der Waals surface area contributed by atoms with Crippen LogP contribution in [0.15, 0.2) is 45.6 Å². The number of fused-ring (bicyclic) bond motifs is 1. The summed E-state index contributed by atoms with van der Waals surface area (Å²) in [6, 6.07) is 7.60. The van der Waals surface area contributed by atoms with Crippen molar-refractivity contribution in [3.63, 3.8) is 0 Å². The fourth-order valence-corrected chi connectivity index (χ4v) is 1.63. The molecule has 1 N–H and O–H groups in total. The summed E-state index contributed by atoms with van der Waals surface area (Å²) in [5.41, 5.74) is 2.18. The van der Waals surface area contributed by atoms with Gasteiger partial charge in [0.2, 0.25) is 0 Å². The number of nitrogens with one attached hydrogen (secondary N) is 1. The lowest BCUT2D eigenvalue weighted by atomic mass is 10.1. The van der Waals surface area contributed by atoms with Crippen molar-refractivity contribution in [3.05, 3.63) is 41.8 Å². The van der Waals surface area contributed by atoms with E-state index in [9.17, 15) is 4.79 Å². The standard InChI is InChI=1S/C12H8N2O2/c15-12-10(13-7-14-12)6-8-1-2-11-9(5-8)3-4-16-11/h1-7H,(H,13,14,15). The molecule has 0 spiro atoms. The third-order valence-electron chi connectivity index (χ3n) is 2.41. The minimum atomic E-state index is -0.174. The highest BCUT2D eigenvalue weighted by molar-refractivity contribution is 6.08. The van der Waals surface area contributed by atoms with Gasteiger partial charge < -0.3 is 9.73 Å². The van der Waals surface area contributed by atoms with Crippen molar-refractivity contribution in [3.8, 4) is 0 Å². The Morgan fingerprint density at radius 3 is 3.06 bits per heavy atom. The average molecular weight is 212 g/mol. The van der Waals surface area contributed by atoms with E-state index in [0.29, 0.717) is 5.70 Å². The monoisotopic (exact) mass is 212 g/mol. The molecule has 2 heterocycles. The minimum absolute atomic E-state index is 0.174. The zero-order valence-electron chi connectivity index (χ0n) is 8.31. The molecular formula is C12H8N2O2. The molecule has 4 nitrogen and oxygen atoms in total. The number of carbonyl (C=O) groups excluding carboxylic acids is 1. The lowest BCUT2D eigenvalue weighted by molar-refractivity contribution is -0.115. The molecule has 0 unspecified atom stereocenters. The van der Waals surface area contributed by atoms with Crippen LogP contribution in [-0.4, -0.2) is 12.2 Å². The van der Waals surface area contributed by atoms with Crippen molar-refractivity contribution in [1.29, 1.82) is 0 Å². The molecule has 78 valence electrons. The first-order valence-corrected chi connectivity index (χ1v) is 4.85. The van der Waals surface area contributed by atoms with E-state index in [0.717, 1.165) is 16.5 Å². The van der Waals surface area contributed by atoms with Gasteiger partial charge in [-0.1, -0.05) is 6.07 Å². The topological polar surface area (TPSA) is 54.6 Å². The number of hydrogen-bond acceptors (Lipinski definition) is 3. The van der Waals surface area contributed by atoms with E-state index in [4.69, 9.17) is 4.42 Å². The summed E-state index contributed by atoms with van der Waals surface area (Å²) in [7, 11) is 0. The second kappa shape index (κ2) is 3.34. The van der Waals surface area contributed by atoms with Gasteiger partial charge in [0.25, 0.3) is 5.91 Å². The number of carbonyl (C=O) groups is 1. The smallest absolute Gasteiger partial charge is 0.275 e. The van der Waals surface area contributed by atoms with Crippen molar-refractivity contribution < 1.29 is 9.21 Å². The molecule has 2 aromatic rings. The molecule has 0 saturated heterocycles. The summed E-state index contributed by atoms with van der Waals surface area (Å²) in [6.07, 6.45) is 4.78. The molecule has 0 atom stereocenters. The van der Waals surface area contributed by atoms with Crippen LogP contribution in [0.2, 0.25) is 0 Å². The first-order chi connectivity index (χ1) is 7.83. The highest BCUT2D eigenvalue weighted by Crippen LogP contribution is 2.19. The number of furan rings is 1. The van der Waals surface area contributed by atoms with Gasteiger partial charge in [-0.25, -0.2) is 4.99 Å². The Bertz CT molecular complexity index is 623. The quantitative estimate of drug-likeness (QED) is 0.734. The predicted molar refractivity (Wildman–Crippen MR) is 60.8 cm³/mol. The van der Waals surface area contributed by atoms with E-state index in [1.807, 2.05) is 24.3 Å². The van der Waals surface area contributed by atoms with Crippen LogP contribution in [0, 0.1) is 0 Å². The van der Waals surface area contributed by atoms with E-state index in [1.54, 1.807) is 12.3 Å². The van der Waals surface area contributed by atoms with Gasteiger partial charge in [-0.15, -0.1) is 0 Å². The van der Waals surface area contributed by atoms with Crippen LogP contribution in [0.25, 0.3) is 17.0 Å². The van der Waals surface area contributed by atoms with E-state index < -0.39 is 0 Å². The molecule has 1 aromatic carbocycles. The molecule has 1 amide bonds. The minimum Gasteiger partial charge on any atom is -0.464 e. The second-order valence-electron chi connectivity index (χ2n) is 3.48. The number of nitrogens with zero attached hydrogens (tertiary/aromatic N) is 1. The van der Waals surface area contributed by atoms with Crippen molar-refractivity contribution in [1.82, 2.24) is 5.32 Å². The van der Waals surface area contributed by atoms with Gasteiger partial charge in [-0.05, 0) is 29.8 Å². The molecule has 1 aliphatic heterocycles. The molecular weight excluding hydrogens is 204 g/mol. The highest BCUT2D eigenvalue weighted by atomic mass is 16.3. The third-order valence-corrected chi connectivity index (χ3v) is 2.41. The summed E-state index contributed by atoms with van der Waals surface area (Å²) in [4.78, 5) is 15.2. The van der Waals surface area contributed by atoms with Crippen molar-refractivity contribution in [2.24, 2.45) is 4.99 Å². The van der Waals surface area contributed by atoms with Crippen LogP contribution >= 0.6 is 0 Å². The van der Waals surface area contributed by atoms with Gasteiger partial charge in [-0.3, -0.25) is 4.79 Å². The predicted octanol–water partition coefficient (Wildman–Crippen LogP) is 1.93. The number of amides is 1. The van der Waals surface area contributed by atoms with Gasteiger partial charge in [-0.2, -0.15) is 0 Å². The summed E-state index contributed by atoms with van der Waals surface area (Å²) >= 11 is 0. The van der Waals surface area contributed by atoms with Crippen LogP contribution in [0.5, 0.6) is 0 Å². The van der Waals surface area contributed by atoms with Crippen LogP contribution in [0.4, 0.5) is 0 Å². The van der Waals surface area contributed by atoms with Crippen LogP contribution < -0.4 is 5.32 Å². The van der Waals surface area contributed by atoms with Gasteiger partial charge >= 0.3 is 0 Å². The fourth-order valence-electron chi connectivity index (χ4n) is 1.63. The Morgan fingerprint density at radius 2 is 2.25 bits per heavy atom. The summed E-state index contributed by atoms with van der Waals surface area (Å²) in [5, 5.41) is 3.52. The maximum absolute atomic E-state index is 11.3. The van der Waals surface area contributed by atoms with E-state index in [1.165, 1.54) is 6.34 Å². The summed E-state index contributed by atoms with van der Waals surface area (Å²) < 4.78 is 5.23. The summed E-state index contributed by atoms with van der Waals surface area (Å²) in [6.45, 7) is 0. The largest absolute Gasteiger partial charge is 0.464 e. The molecule has 0 fully saturated rings. The van der Waals surface area contributed by atoms with Crippen LogP contribution in [-0.2, 0) is 4.79 Å². The molecule has 16 heavy (non-hydrogen) atoms. The Balaban J connectivity index is 2.06. The SMILES string of the molecule is O=C1NC=NC1=Cc1ccc2occc2c1. The van der Waals surface area contributed by atoms with E-state index >= 15 is 0 Å². The molecule has 0 aliphatic carbocycles. The lowest BCUT2D eigenvalue weighted by Gasteiger charge is -1.95. The third kappa shape index (κ3) is 1.40. The Morgan fingerprint density at radius 1 is 1.31 bits per heavy atom. The second-order valence-corrected chi connectivity index (χ2v) is 3.48. The molecule has 0 bridgehead atoms. The Hall–Kier alpha value is -2.36. The molecule has 1 aliphatic rings. The number of benzene rings is 1. The fraction of sp³-hybridized carbons (Fsp3) is 0. The first kappa shape index (κ1) is 8.91. The van der Waals surface area contributed by atoms with Gasteiger partial charge in [0.15, 0.2) is 0 Å². The zero-order valence-corrected chi connectivity index (χ0v) is 8.31. The molecule has 1 aromatic heterocycles. The Kier molecular flexibility index (Phi) is 1.86. The van der Waals surface area contributed by atoms with Crippen molar-refractivity contribution in [2.45, 2.75) is 0 Å². The maximum atomic E-state index is 11.3. The average Bonchev–Trinajstić information content (AvgIpc) is 2.88. The van der Waals surface area contributed by atoms with Crippen LogP contribution in [0.3, 0.4) is 0 Å². The normalized spacial score (nSPS) is 17.2. The Labute approximate surface area is 91.3 Å². The van der Waals surface area contributed by atoms with E-state index in [2.05, 4.69) is 10.3 Å². The van der Waals surface area contributed by atoms with E-state index in [-0.39, 0.29) is 5.91 Å². The summed E-state index contributed by atoms with van der Waals surface area (Å²) in [5.74, 6) is -0.174. The molecule has 3 rings (SSSR count). The van der Waals surface area contributed by atoms with Gasteiger partial charge in [0.1, 0.15) is 11.3 Å². The first-order valence-electron chi connectivity index (χ1n) is 4.85. The number of aliphatic imine (C=N–C) groups is 1. The number of rotatable bonds is 1. The van der Waals surface area contributed by atoms with Gasteiger partial charge in [0.05, 0.1) is 12.6 Å². The maximum Gasteiger partial charge on any atom is 0.275 e. The van der Waals surface area contributed by atoms with Crippen molar-refractivity contribution in [2.75, 3.05) is 0 Å². The van der Waals surface area contributed by atoms with Crippen molar-refractivity contribution >= 4 is 29.3 Å². The number of hydrogen-bond donors (Lipinski definition) is 1. The zero-order chi connectivity index (χ0) is 11.0. The highest BCUT2D eigenvalue weighted by Gasteiger charge is 2.11. The lowest BCUT2D eigenvalue weighted by Crippen LogP contribution is -2.14. The molecule has 0 radical (unpaired) electrons. The molecule has 0 saturated carbocycles. The van der Waals surface area contributed by atoms with Gasteiger partial charge in [0, 0.05) is 5.39 Å². The molecule has 4 heteroatoms.